The first-order chi connectivity index (χ1) is 19.2. The molecule has 0 atom stereocenters. The molecular weight excluding hydrogens is 575 g/mol. The summed E-state index contributed by atoms with van der Waals surface area (Å²) in [5.74, 6) is -1.09. The molecule has 3 heterocycles. The smallest absolute Gasteiger partial charge is 0.216 e. The van der Waals surface area contributed by atoms with Crippen molar-refractivity contribution >= 4 is 38.9 Å². The van der Waals surface area contributed by atoms with Crippen LogP contribution in [0.3, 0.4) is 0 Å². The van der Waals surface area contributed by atoms with Gasteiger partial charge in [-0.3, -0.25) is 0 Å². The summed E-state index contributed by atoms with van der Waals surface area (Å²) in [6, 6.07) is 13.5. The molecule has 12 heteroatoms. The van der Waals surface area contributed by atoms with Crippen LogP contribution in [0.2, 0.25) is 10.0 Å². The van der Waals surface area contributed by atoms with Crippen molar-refractivity contribution in [3.63, 3.8) is 0 Å². The number of sulfonamides is 1. The molecular formula is C28H34Cl2N4O5S. The molecule has 0 spiro atoms. The SMILES string of the molecule is CC(C)S(=O)(=O)N1CCN(c2ccc(CO[C@H]3CO[C@](Cn4ccnc4)(c4ccc(Cl)cc4Cl)OC3)cc2)CC1. The van der Waals surface area contributed by atoms with Crippen LogP contribution < -0.4 is 4.90 Å². The standard InChI is InChI=1S/C28H34Cl2N4O5S/c1-21(2)40(35,36)34-13-11-33(12-14-34)24-6-3-22(4-7-24)16-37-25-17-38-28(39-18-25,19-32-10-9-31-20-32)26-8-5-23(29)15-27(26)30/h3-10,15,20-21,25H,11-14,16-19H2,1-2H3/t25-,28-. The lowest BCUT2D eigenvalue weighted by molar-refractivity contribution is -0.313. The van der Waals surface area contributed by atoms with E-state index in [0.29, 0.717) is 68.2 Å². The molecule has 0 amide bonds. The summed E-state index contributed by atoms with van der Waals surface area (Å²) in [5, 5.41) is 0.604. The quantitative estimate of drug-likeness (QED) is 0.352. The third kappa shape index (κ3) is 6.49. The number of rotatable bonds is 9. The Kier molecular flexibility index (Phi) is 9.06. The first-order valence-corrected chi connectivity index (χ1v) is 15.6. The first kappa shape index (κ1) is 29.3. The van der Waals surface area contributed by atoms with Crippen LogP contribution in [0.1, 0.15) is 25.0 Å². The Morgan fingerprint density at radius 2 is 1.75 bits per heavy atom. The number of piperazine rings is 1. The Bertz CT molecular complexity index is 1370. The van der Waals surface area contributed by atoms with E-state index in [9.17, 15) is 8.42 Å². The van der Waals surface area contributed by atoms with Gasteiger partial charge in [-0.2, -0.15) is 4.31 Å². The van der Waals surface area contributed by atoms with Gasteiger partial charge >= 0.3 is 0 Å². The maximum Gasteiger partial charge on any atom is 0.216 e. The monoisotopic (exact) mass is 608 g/mol. The summed E-state index contributed by atoms with van der Waals surface area (Å²) in [7, 11) is -3.22. The minimum atomic E-state index is -3.22. The van der Waals surface area contributed by atoms with Gasteiger partial charge in [0.25, 0.3) is 0 Å². The van der Waals surface area contributed by atoms with Crippen molar-refractivity contribution in [2.75, 3.05) is 44.3 Å². The van der Waals surface area contributed by atoms with Gasteiger partial charge in [-0.05, 0) is 43.7 Å². The Labute approximate surface area is 245 Å². The van der Waals surface area contributed by atoms with Gasteiger partial charge in [-0.15, -0.1) is 0 Å². The molecule has 0 N–H and O–H groups in total. The molecule has 1 aromatic heterocycles. The molecule has 2 saturated heterocycles. The summed E-state index contributed by atoms with van der Waals surface area (Å²) < 4.78 is 47.1. The molecule has 0 radical (unpaired) electrons. The van der Waals surface area contributed by atoms with E-state index in [0.717, 1.165) is 11.3 Å². The van der Waals surface area contributed by atoms with E-state index in [-0.39, 0.29) is 6.10 Å². The number of anilines is 1. The van der Waals surface area contributed by atoms with Crippen molar-refractivity contribution < 1.29 is 22.6 Å². The van der Waals surface area contributed by atoms with E-state index in [1.165, 1.54) is 0 Å². The molecule has 216 valence electrons. The zero-order valence-corrected chi connectivity index (χ0v) is 24.9. The topological polar surface area (TPSA) is 86.1 Å². The van der Waals surface area contributed by atoms with Crippen LogP contribution in [-0.4, -0.2) is 73.0 Å². The lowest BCUT2D eigenvalue weighted by atomic mass is 10.0. The second-order valence-corrected chi connectivity index (χ2v) is 13.6. The number of halogens is 2. The molecule has 2 aliphatic rings. The van der Waals surface area contributed by atoms with E-state index in [1.54, 1.807) is 42.8 Å². The predicted octanol–water partition coefficient (Wildman–Crippen LogP) is 4.54. The lowest BCUT2D eigenvalue weighted by Crippen LogP contribution is -2.50. The zero-order chi connectivity index (χ0) is 28.3. The summed E-state index contributed by atoms with van der Waals surface area (Å²) in [6.45, 7) is 7.21. The highest BCUT2D eigenvalue weighted by molar-refractivity contribution is 7.89. The van der Waals surface area contributed by atoms with Crippen molar-refractivity contribution in [3.8, 4) is 0 Å². The van der Waals surface area contributed by atoms with Crippen molar-refractivity contribution in [1.82, 2.24) is 13.9 Å². The molecule has 2 aromatic carbocycles. The van der Waals surface area contributed by atoms with Crippen LogP contribution in [-0.2, 0) is 43.2 Å². The highest BCUT2D eigenvalue weighted by Gasteiger charge is 2.42. The Hall–Kier alpha value is -2.18. The minimum absolute atomic E-state index is 0.252. The molecule has 0 unspecified atom stereocenters. The van der Waals surface area contributed by atoms with Crippen LogP contribution in [0.4, 0.5) is 5.69 Å². The fourth-order valence-corrected chi connectivity index (χ4v) is 6.73. The molecule has 9 nitrogen and oxygen atoms in total. The van der Waals surface area contributed by atoms with Crippen LogP contribution >= 0.6 is 23.2 Å². The summed E-state index contributed by atoms with van der Waals surface area (Å²) in [6.07, 6.45) is 5.00. The molecule has 2 aliphatic heterocycles. The highest BCUT2D eigenvalue weighted by atomic mass is 35.5. The number of ether oxygens (including phenoxy) is 3. The molecule has 2 fully saturated rings. The largest absolute Gasteiger partial charge is 0.369 e. The molecule has 0 aliphatic carbocycles. The Balaban J connectivity index is 1.16. The normalized spacial score (nSPS) is 22.6. The van der Waals surface area contributed by atoms with E-state index in [1.807, 2.05) is 29.0 Å². The third-order valence-electron chi connectivity index (χ3n) is 7.28. The molecule has 0 bridgehead atoms. The summed E-state index contributed by atoms with van der Waals surface area (Å²) in [5.41, 5.74) is 2.79. The van der Waals surface area contributed by atoms with E-state index in [4.69, 9.17) is 37.4 Å². The van der Waals surface area contributed by atoms with Crippen molar-refractivity contribution in [3.05, 3.63) is 82.4 Å². The fourth-order valence-electron chi connectivity index (χ4n) is 4.91. The maximum absolute atomic E-state index is 12.4. The van der Waals surface area contributed by atoms with Crippen LogP contribution in [0.25, 0.3) is 0 Å². The van der Waals surface area contributed by atoms with Gasteiger partial charge in [0.15, 0.2) is 0 Å². The zero-order valence-electron chi connectivity index (χ0n) is 22.6. The number of benzene rings is 2. The highest BCUT2D eigenvalue weighted by Crippen LogP contribution is 2.38. The average Bonchev–Trinajstić information content (AvgIpc) is 3.46. The van der Waals surface area contributed by atoms with Gasteiger partial charge in [-0.25, -0.2) is 13.4 Å². The Morgan fingerprint density at radius 3 is 2.35 bits per heavy atom. The third-order valence-corrected chi connectivity index (χ3v) is 10.1. The van der Waals surface area contributed by atoms with Gasteiger partial charge < -0.3 is 23.7 Å². The number of hydrogen-bond donors (Lipinski definition) is 0. The van der Waals surface area contributed by atoms with Crippen molar-refractivity contribution in [2.45, 2.75) is 44.1 Å². The van der Waals surface area contributed by atoms with Gasteiger partial charge in [0.2, 0.25) is 15.8 Å². The van der Waals surface area contributed by atoms with Crippen LogP contribution in [0.5, 0.6) is 0 Å². The fraction of sp³-hybridized carbons (Fsp3) is 0.464. The molecule has 5 rings (SSSR count). The molecule has 0 saturated carbocycles. The average molecular weight is 610 g/mol. The summed E-state index contributed by atoms with van der Waals surface area (Å²) >= 11 is 12.7. The second-order valence-electron chi connectivity index (χ2n) is 10.3. The molecule has 3 aromatic rings. The van der Waals surface area contributed by atoms with Crippen LogP contribution in [0.15, 0.2) is 61.2 Å². The van der Waals surface area contributed by atoms with E-state index < -0.39 is 21.1 Å². The number of imidazole rings is 1. The van der Waals surface area contributed by atoms with E-state index in [2.05, 4.69) is 22.0 Å². The first-order valence-electron chi connectivity index (χ1n) is 13.3. The minimum Gasteiger partial charge on any atom is -0.369 e. The van der Waals surface area contributed by atoms with E-state index >= 15 is 0 Å². The van der Waals surface area contributed by atoms with Crippen molar-refractivity contribution in [2.24, 2.45) is 0 Å². The van der Waals surface area contributed by atoms with Gasteiger partial charge in [0.1, 0.15) is 6.10 Å². The van der Waals surface area contributed by atoms with Gasteiger partial charge in [-0.1, -0.05) is 41.4 Å². The summed E-state index contributed by atoms with van der Waals surface area (Å²) in [4.78, 5) is 6.34. The van der Waals surface area contributed by atoms with Crippen LogP contribution in [0, 0.1) is 0 Å². The van der Waals surface area contributed by atoms with Crippen molar-refractivity contribution in [1.29, 1.82) is 0 Å². The Morgan fingerprint density at radius 1 is 1.05 bits per heavy atom. The maximum atomic E-state index is 12.4. The molecule has 40 heavy (non-hydrogen) atoms. The number of aromatic nitrogens is 2. The van der Waals surface area contributed by atoms with Gasteiger partial charge in [0, 0.05) is 54.8 Å². The second kappa shape index (κ2) is 12.4. The van der Waals surface area contributed by atoms with Gasteiger partial charge in [0.05, 0.1) is 43.0 Å². The number of hydrogen-bond acceptors (Lipinski definition) is 7. The lowest BCUT2D eigenvalue weighted by Gasteiger charge is -2.41. The predicted molar refractivity (Wildman–Crippen MR) is 155 cm³/mol. The number of nitrogens with zero attached hydrogens (tertiary/aromatic N) is 4.